The predicted molar refractivity (Wildman–Crippen MR) is 65.8 cm³/mol. The molecule has 1 aromatic heterocycles. The fourth-order valence-corrected chi connectivity index (χ4v) is 2.07. The first-order chi connectivity index (χ1) is 7.60. The fraction of sp³-hybridized carbons (Fsp3) is 0.643. The number of ketones is 1. The molecule has 0 saturated carbocycles. The predicted octanol–water partition coefficient (Wildman–Crippen LogP) is 4.30. The quantitative estimate of drug-likeness (QED) is 0.672. The van der Waals surface area contributed by atoms with Gasteiger partial charge >= 0.3 is 0 Å². The van der Waals surface area contributed by atoms with E-state index < -0.39 is 0 Å². The van der Waals surface area contributed by atoms with Crippen molar-refractivity contribution in [2.45, 2.75) is 53.4 Å². The lowest BCUT2D eigenvalue weighted by Crippen LogP contribution is -2.14. The van der Waals surface area contributed by atoms with Crippen molar-refractivity contribution in [1.29, 1.82) is 0 Å². The van der Waals surface area contributed by atoms with Crippen molar-refractivity contribution in [1.82, 2.24) is 0 Å². The van der Waals surface area contributed by atoms with Gasteiger partial charge in [0.1, 0.15) is 11.5 Å². The third kappa shape index (κ3) is 2.97. The molecule has 0 aromatic carbocycles. The summed E-state index contributed by atoms with van der Waals surface area (Å²) in [5, 5.41) is 0. The standard InChI is InChI=1S/C14H22O2/c1-5-7-8-12(6-2)14(15)13-9-10(3)16-11(13)4/h9,12H,5-8H2,1-4H3. The van der Waals surface area contributed by atoms with Crippen LogP contribution in [-0.4, -0.2) is 5.78 Å². The van der Waals surface area contributed by atoms with E-state index >= 15 is 0 Å². The Labute approximate surface area is 98.0 Å². The van der Waals surface area contributed by atoms with Gasteiger partial charge in [0.2, 0.25) is 0 Å². The van der Waals surface area contributed by atoms with Gasteiger partial charge in [0.05, 0.1) is 5.56 Å². The summed E-state index contributed by atoms with van der Waals surface area (Å²) in [5.41, 5.74) is 0.778. The molecule has 0 fully saturated rings. The highest BCUT2D eigenvalue weighted by Crippen LogP contribution is 2.22. The van der Waals surface area contributed by atoms with E-state index in [0.717, 1.165) is 42.8 Å². The summed E-state index contributed by atoms with van der Waals surface area (Å²) in [7, 11) is 0. The Hall–Kier alpha value is -1.05. The molecule has 2 nitrogen and oxygen atoms in total. The molecule has 0 amide bonds. The first-order valence-corrected chi connectivity index (χ1v) is 6.21. The second-order valence-electron chi connectivity index (χ2n) is 4.44. The molecule has 0 spiro atoms. The SMILES string of the molecule is CCCCC(CC)C(=O)c1cc(C)oc1C. The number of Topliss-reactive ketones (excluding diaryl/α,β-unsaturated/α-hetero) is 1. The molecule has 0 radical (unpaired) electrons. The van der Waals surface area contributed by atoms with Crippen LogP contribution in [0.15, 0.2) is 10.5 Å². The summed E-state index contributed by atoms with van der Waals surface area (Å²) in [6.07, 6.45) is 4.19. The van der Waals surface area contributed by atoms with Gasteiger partial charge in [-0.1, -0.05) is 26.7 Å². The summed E-state index contributed by atoms with van der Waals surface area (Å²) in [6.45, 7) is 7.99. The number of unbranched alkanes of at least 4 members (excludes halogenated alkanes) is 1. The van der Waals surface area contributed by atoms with Crippen molar-refractivity contribution in [3.63, 3.8) is 0 Å². The normalized spacial score (nSPS) is 12.8. The average molecular weight is 222 g/mol. The highest BCUT2D eigenvalue weighted by Gasteiger charge is 2.21. The maximum absolute atomic E-state index is 12.3. The molecule has 0 aliphatic carbocycles. The van der Waals surface area contributed by atoms with Crippen molar-refractivity contribution in [3.8, 4) is 0 Å². The van der Waals surface area contributed by atoms with E-state index in [9.17, 15) is 4.79 Å². The van der Waals surface area contributed by atoms with Crippen LogP contribution < -0.4 is 0 Å². The Balaban J connectivity index is 2.78. The van der Waals surface area contributed by atoms with Crippen molar-refractivity contribution < 1.29 is 9.21 Å². The maximum Gasteiger partial charge on any atom is 0.169 e. The van der Waals surface area contributed by atoms with Crippen LogP contribution in [0.4, 0.5) is 0 Å². The minimum absolute atomic E-state index is 0.163. The van der Waals surface area contributed by atoms with Crippen molar-refractivity contribution in [2.75, 3.05) is 0 Å². The highest BCUT2D eigenvalue weighted by molar-refractivity contribution is 5.98. The number of carbonyl (C=O) groups excluding carboxylic acids is 1. The van der Waals surface area contributed by atoms with E-state index in [1.807, 2.05) is 19.9 Å². The zero-order chi connectivity index (χ0) is 12.1. The maximum atomic E-state index is 12.3. The molecular weight excluding hydrogens is 200 g/mol. The number of aryl methyl sites for hydroxylation is 2. The van der Waals surface area contributed by atoms with E-state index in [1.165, 1.54) is 0 Å². The van der Waals surface area contributed by atoms with E-state index in [4.69, 9.17) is 4.42 Å². The number of hydrogen-bond donors (Lipinski definition) is 0. The highest BCUT2D eigenvalue weighted by atomic mass is 16.3. The van der Waals surface area contributed by atoms with Crippen LogP contribution in [0, 0.1) is 19.8 Å². The third-order valence-electron chi connectivity index (χ3n) is 3.08. The monoisotopic (exact) mass is 222 g/mol. The zero-order valence-electron chi connectivity index (χ0n) is 10.8. The first-order valence-electron chi connectivity index (χ1n) is 6.21. The van der Waals surface area contributed by atoms with Crippen LogP contribution in [0.5, 0.6) is 0 Å². The molecular formula is C14H22O2. The van der Waals surface area contributed by atoms with Gasteiger partial charge in [-0.15, -0.1) is 0 Å². The van der Waals surface area contributed by atoms with Crippen LogP contribution in [0.2, 0.25) is 0 Å². The van der Waals surface area contributed by atoms with Gasteiger partial charge in [0.15, 0.2) is 5.78 Å². The largest absolute Gasteiger partial charge is 0.466 e. The molecule has 1 atom stereocenters. The summed E-state index contributed by atoms with van der Waals surface area (Å²) in [6, 6.07) is 1.87. The molecule has 16 heavy (non-hydrogen) atoms. The molecule has 1 unspecified atom stereocenters. The second-order valence-corrected chi connectivity index (χ2v) is 4.44. The molecule has 2 heteroatoms. The van der Waals surface area contributed by atoms with Crippen LogP contribution in [0.25, 0.3) is 0 Å². The van der Waals surface area contributed by atoms with Crippen LogP contribution >= 0.6 is 0 Å². The minimum atomic E-state index is 0.163. The van der Waals surface area contributed by atoms with Gasteiger partial charge < -0.3 is 4.42 Å². The van der Waals surface area contributed by atoms with Gasteiger partial charge in [0, 0.05) is 5.92 Å². The van der Waals surface area contributed by atoms with Gasteiger partial charge in [-0.3, -0.25) is 4.79 Å². The Morgan fingerprint density at radius 1 is 1.38 bits per heavy atom. The number of furan rings is 1. The van der Waals surface area contributed by atoms with E-state index in [0.29, 0.717) is 0 Å². The number of hydrogen-bond acceptors (Lipinski definition) is 2. The number of rotatable bonds is 6. The molecule has 0 aliphatic rings. The van der Waals surface area contributed by atoms with Gasteiger partial charge in [-0.05, 0) is 32.8 Å². The summed E-state index contributed by atoms with van der Waals surface area (Å²) >= 11 is 0. The van der Waals surface area contributed by atoms with Crippen LogP contribution in [0.1, 0.15) is 61.4 Å². The lowest BCUT2D eigenvalue weighted by Gasteiger charge is -2.12. The molecule has 0 aliphatic heterocycles. The Morgan fingerprint density at radius 2 is 2.06 bits per heavy atom. The molecule has 1 rings (SSSR count). The summed E-state index contributed by atoms with van der Waals surface area (Å²) in [5.74, 6) is 2.00. The molecule has 1 aromatic rings. The lowest BCUT2D eigenvalue weighted by atomic mass is 9.91. The number of carbonyl (C=O) groups is 1. The smallest absolute Gasteiger partial charge is 0.169 e. The van der Waals surface area contributed by atoms with Gasteiger partial charge in [-0.2, -0.15) is 0 Å². The average Bonchev–Trinajstić information content (AvgIpc) is 2.58. The van der Waals surface area contributed by atoms with Crippen molar-refractivity contribution >= 4 is 5.78 Å². The molecule has 1 heterocycles. The van der Waals surface area contributed by atoms with Gasteiger partial charge in [0.25, 0.3) is 0 Å². The molecule has 0 bridgehead atoms. The second kappa shape index (κ2) is 5.88. The summed E-state index contributed by atoms with van der Waals surface area (Å²) < 4.78 is 5.41. The van der Waals surface area contributed by atoms with Gasteiger partial charge in [-0.25, -0.2) is 0 Å². The van der Waals surface area contributed by atoms with E-state index in [-0.39, 0.29) is 11.7 Å². The first kappa shape index (κ1) is 13.0. The Bertz CT molecular complexity index is 350. The molecule has 0 saturated heterocycles. The Kier molecular flexibility index (Phi) is 4.78. The van der Waals surface area contributed by atoms with E-state index in [1.54, 1.807) is 0 Å². The van der Waals surface area contributed by atoms with E-state index in [2.05, 4.69) is 13.8 Å². The van der Waals surface area contributed by atoms with Crippen molar-refractivity contribution in [3.05, 3.63) is 23.2 Å². The molecule has 90 valence electrons. The third-order valence-corrected chi connectivity index (χ3v) is 3.08. The zero-order valence-corrected chi connectivity index (χ0v) is 10.8. The topological polar surface area (TPSA) is 30.2 Å². The minimum Gasteiger partial charge on any atom is -0.466 e. The molecule has 0 N–H and O–H groups in total. The summed E-state index contributed by atoms with van der Waals surface area (Å²) in [4.78, 5) is 12.3. The van der Waals surface area contributed by atoms with Crippen molar-refractivity contribution in [2.24, 2.45) is 5.92 Å². The van der Waals surface area contributed by atoms with Crippen LogP contribution in [0.3, 0.4) is 0 Å². The lowest BCUT2D eigenvalue weighted by molar-refractivity contribution is 0.0906. The van der Waals surface area contributed by atoms with Crippen LogP contribution in [-0.2, 0) is 0 Å². The Morgan fingerprint density at radius 3 is 2.50 bits per heavy atom. The fourth-order valence-electron chi connectivity index (χ4n) is 2.07.